The molecule has 0 saturated carbocycles. The van der Waals surface area contributed by atoms with Gasteiger partial charge in [-0.1, -0.05) is 30.3 Å². The molecule has 2 heterocycles. The number of methoxy groups -OCH3 is 1. The van der Waals surface area contributed by atoms with Gasteiger partial charge in [-0.25, -0.2) is 22.6 Å². The summed E-state index contributed by atoms with van der Waals surface area (Å²) in [6, 6.07) is 13.6. The number of aromatic nitrogens is 3. The van der Waals surface area contributed by atoms with Crippen LogP contribution in [0.1, 0.15) is 18.7 Å². The van der Waals surface area contributed by atoms with Crippen molar-refractivity contribution < 1.29 is 22.3 Å². The minimum atomic E-state index is -3.54. The number of nitrogens with zero attached hydrogens (tertiary/aromatic N) is 2. The molecule has 0 aliphatic carbocycles. The Balaban J connectivity index is 1.96. The van der Waals surface area contributed by atoms with Gasteiger partial charge in [-0.3, -0.25) is 4.57 Å². The zero-order valence-corrected chi connectivity index (χ0v) is 19.7. The van der Waals surface area contributed by atoms with Gasteiger partial charge in [-0.2, -0.15) is 0 Å². The van der Waals surface area contributed by atoms with E-state index in [1.165, 1.54) is 17.7 Å². The number of halogens is 1. The Kier molecular flexibility index (Phi) is 6.43. The van der Waals surface area contributed by atoms with Crippen molar-refractivity contribution >= 4 is 20.9 Å². The Morgan fingerprint density at radius 1 is 1.09 bits per heavy atom. The zero-order valence-electron chi connectivity index (χ0n) is 18.9. The number of H-pyrrole nitrogens is 1. The summed E-state index contributed by atoms with van der Waals surface area (Å²) >= 11 is 0. The Hall–Kier alpha value is -3.66. The van der Waals surface area contributed by atoms with Gasteiger partial charge in [0.05, 0.1) is 42.2 Å². The van der Waals surface area contributed by atoms with Crippen molar-refractivity contribution in [1.29, 1.82) is 0 Å². The van der Waals surface area contributed by atoms with Crippen molar-refractivity contribution in [3.8, 4) is 22.8 Å². The van der Waals surface area contributed by atoms with E-state index in [1.54, 1.807) is 55.5 Å². The third-order valence-electron chi connectivity index (χ3n) is 5.38. The fourth-order valence-corrected chi connectivity index (χ4v) is 4.86. The van der Waals surface area contributed by atoms with Crippen LogP contribution >= 0.6 is 0 Å². The van der Waals surface area contributed by atoms with Gasteiger partial charge in [-0.05, 0) is 31.2 Å². The number of para-hydroxylation sites is 1. The van der Waals surface area contributed by atoms with E-state index in [0.29, 0.717) is 40.2 Å². The van der Waals surface area contributed by atoms with Crippen molar-refractivity contribution in [3.05, 3.63) is 76.6 Å². The molecule has 4 aromatic rings. The van der Waals surface area contributed by atoms with Gasteiger partial charge in [0, 0.05) is 17.4 Å². The highest BCUT2D eigenvalue weighted by molar-refractivity contribution is 7.90. The highest BCUT2D eigenvalue weighted by Crippen LogP contribution is 2.32. The van der Waals surface area contributed by atoms with Crippen LogP contribution in [0.4, 0.5) is 4.39 Å². The van der Waals surface area contributed by atoms with Crippen LogP contribution in [0.5, 0.6) is 11.6 Å². The lowest BCUT2D eigenvalue weighted by molar-refractivity contribution is 0.296. The molecule has 2 aromatic carbocycles. The number of fused-ring (bicyclic) bond motifs is 1. The van der Waals surface area contributed by atoms with E-state index in [0.717, 1.165) is 6.26 Å². The van der Waals surface area contributed by atoms with E-state index in [9.17, 15) is 17.6 Å². The van der Waals surface area contributed by atoms with Crippen molar-refractivity contribution in [2.24, 2.45) is 0 Å². The molecule has 4 rings (SSSR count). The monoisotopic (exact) mass is 485 g/mol. The van der Waals surface area contributed by atoms with Crippen LogP contribution in [0.2, 0.25) is 0 Å². The van der Waals surface area contributed by atoms with Gasteiger partial charge in [0.2, 0.25) is 0 Å². The summed E-state index contributed by atoms with van der Waals surface area (Å²) in [6.07, 6.45) is 1.09. The van der Waals surface area contributed by atoms with Gasteiger partial charge in [0.15, 0.2) is 5.75 Å². The van der Waals surface area contributed by atoms with E-state index in [2.05, 4.69) is 9.97 Å². The molecule has 178 valence electrons. The molecule has 8 nitrogen and oxygen atoms in total. The number of benzene rings is 2. The average Bonchev–Trinajstić information content (AvgIpc) is 3.13. The second-order valence-electron chi connectivity index (χ2n) is 7.76. The molecule has 1 N–H and O–H groups in total. The summed E-state index contributed by atoms with van der Waals surface area (Å²) in [4.78, 5) is 20.4. The van der Waals surface area contributed by atoms with Crippen molar-refractivity contribution in [1.82, 2.24) is 14.5 Å². The van der Waals surface area contributed by atoms with Gasteiger partial charge in [-0.15, -0.1) is 0 Å². The minimum absolute atomic E-state index is 0.195. The van der Waals surface area contributed by atoms with Gasteiger partial charge in [0.25, 0.3) is 5.88 Å². The minimum Gasteiger partial charge on any atom is -0.491 e. The van der Waals surface area contributed by atoms with E-state index in [4.69, 9.17) is 9.47 Å². The molecule has 0 saturated heterocycles. The molecule has 2 aromatic heterocycles. The third kappa shape index (κ3) is 4.54. The summed E-state index contributed by atoms with van der Waals surface area (Å²) in [5.41, 5.74) is 1.41. The Bertz CT molecular complexity index is 1510. The maximum atomic E-state index is 14.5. The Morgan fingerprint density at radius 3 is 2.50 bits per heavy atom. The second-order valence-corrected chi connectivity index (χ2v) is 9.95. The number of aromatic amines is 1. The third-order valence-corrected chi connectivity index (χ3v) is 6.30. The molecule has 0 radical (unpaired) electrons. The first-order chi connectivity index (χ1) is 16.2. The quantitative estimate of drug-likeness (QED) is 0.409. The molecule has 0 amide bonds. The Labute approximate surface area is 195 Å². The number of pyridine rings is 1. The first-order valence-electron chi connectivity index (χ1n) is 10.6. The lowest BCUT2D eigenvalue weighted by Gasteiger charge is -2.19. The summed E-state index contributed by atoms with van der Waals surface area (Å²) in [6.45, 7) is 2.11. The molecular formula is C24H24FN3O5S. The number of nitrogens with one attached hydrogen (secondary N) is 1. The topological polar surface area (TPSA) is 103 Å². The van der Waals surface area contributed by atoms with E-state index in [-0.39, 0.29) is 11.6 Å². The first-order valence-corrected chi connectivity index (χ1v) is 12.6. The van der Waals surface area contributed by atoms with Crippen LogP contribution < -0.4 is 15.2 Å². The molecule has 0 fully saturated rings. The lowest BCUT2D eigenvalue weighted by Crippen LogP contribution is -2.29. The maximum absolute atomic E-state index is 14.5. The largest absolute Gasteiger partial charge is 0.491 e. The van der Waals surface area contributed by atoms with Crippen LogP contribution in [0.15, 0.2) is 59.4 Å². The molecule has 0 bridgehead atoms. The maximum Gasteiger partial charge on any atom is 0.327 e. The van der Waals surface area contributed by atoms with Crippen LogP contribution in [0, 0.1) is 5.82 Å². The van der Waals surface area contributed by atoms with E-state index < -0.39 is 27.4 Å². The molecule has 1 atom stereocenters. The van der Waals surface area contributed by atoms with E-state index >= 15 is 0 Å². The normalized spacial score (nSPS) is 12.6. The molecule has 1 unspecified atom stereocenters. The molecule has 0 aliphatic rings. The SMILES string of the molecule is CCOc1nc(C(CS(C)(=O)=O)n2c(=O)[nH]c3c(-c4ccccc4F)cccc32)ccc1OC. The van der Waals surface area contributed by atoms with Crippen LogP contribution in [-0.2, 0) is 9.84 Å². The lowest BCUT2D eigenvalue weighted by atomic mass is 10.0. The number of sulfone groups is 1. The Morgan fingerprint density at radius 2 is 1.82 bits per heavy atom. The number of hydrogen-bond acceptors (Lipinski definition) is 6. The zero-order chi connectivity index (χ0) is 24.5. The first kappa shape index (κ1) is 23.5. The highest BCUT2D eigenvalue weighted by atomic mass is 32.2. The number of ether oxygens (including phenoxy) is 2. The van der Waals surface area contributed by atoms with Crippen molar-refractivity contribution in [2.45, 2.75) is 13.0 Å². The number of imidazole rings is 1. The summed E-state index contributed by atoms with van der Waals surface area (Å²) in [5, 5.41) is 0. The second kappa shape index (κ2) is 9.30. The van der Waals surface area contributed by atoms with Gasteiger partial charge in [0.1, 0.15) is 15.7 Å². The predicted molar refractivity (Wildman–Crippen MR) is 128 cm³/mol. The van der Waals surface area contributed by atoms with E-state index in [1.807, 2.05) is 0 Å². The summed E-state index contributed by atoms with van der Waals surface area (Å²) < 4.78 is 51.4. The molecule has 34 heavy (non-hydrogen) atoms. The molecule has 10 heteroatoms. The smallest absolute Gasteiger partial charge is 0.327 e. The molecule has 0 aliphatic heterocycles. The van der Waals surface area contributed by atoms with Crippen LogP contribution in [0.25, 0.3) is 22.2 Å². The van der Waals surface area contributed by atoms with Gasteiger partial charge < -0.3 is 14.5 Å². The summed E-state index contributed by atoms with van der Waals surface area (Å²) in [5.74, 6) is -0.235. The molecule has 0 spiro atoms. The fourth-order valence-electron chi connectivity index (χ4n) is 3.96. The van der Waals surface area contributed by atoms with Crippen LogP contribution in [0.3, 0.4) is 0 Å². The van der Waals surface area contributed by atoms with Crippen molar-refractivity contribution in [2.75, 3.05) is 25.7 Å². The average molecular weight is 486 g/mol. The number of hydrogen-bond donors (Lipinski definition) is 1. The fraction of sp³-hybridized carbons (Fsp3) is 0.250. The molecular weight excluding hydrogens is 461 g/mol. The highest BCUT2D eigenvalue weighted by Gasteiger charge is 2.27. The predicted octanol–water partition coefficient (Wildman–Crippen LogP) is 3.57. The van der Waals surface area contributed by atoms with Gasteiger partial charge >= 0.3 is 5.69 Å². The number of rotatable bonds is 8. The van der Waals surface area contributed by atoms with Crippen LogP contribution in [-0.4, -0.2) is 48.7 Å². The van der Waals surface area contributed by atoms with Crippen molar-refractivity contribution in [3.63, 3.8) is 0 Å². The summed E-state index contributed by atoms with van der Waals surface area (Å²) in [7, 11) is -2.06. The standard InChI is InChI=1S/C24H24FN3O5S/c1-4-33-23-21(32-2)13-12-18(26-23)20(14-34(3,30)31)28-19-11-7-9-16(22(19)27-24(28)29)15-8-5-6-10-17(15)25/h5-13,20H,4,14H2,1-3H3,(H,27,29).